The number of hydrogen-bond donors (Lipinski definition) is 1. The first-order chi connectivity index (χ1) is 8.80. The van der Waals surface area contributed by atoms with Gasteiger partial charge in [-0.2, -0.15) is 0 Å². The van der Waals surface area contributed by atoms with E-state index in [4.69, 9.17) is 10.5 Å². The van der Waals surface area contributed by atoms with E-state index in [1.165, 1.54) is 0 Å². The van der Waals surface area contributed by atoms with Gasteiger partial charge in [-0.25, -0.2) is 4.79 Å². The molecule has 2 N–H and O–H groups in total. The maximum absolute atomic E-state index is 10.5. The fraction of sp³-hybridized carbons (Fsp3) is 0.429. The lowest BCUT2D eigenvalue weighted by atomic mass is 10.1. The average Bonchev–Trinajstić information content (AvgIpc) is 2.42. The van der Waals surface area contributed by atoms with E-state index in [9.17, 15) is 4.79 Å². The Labute approximate surface area is 108 Å². The van der Waals surface area contributed by atoms with Crippen LogP contribution in [0.5, 0.6) is 0 Å². The van der Waals surface area contributed by atoms with Gasteiger partial charge in [-0.3, -0.25) is 11.1 Å². The summed E-state index contributed by atoms with van der Waals surface area (Å²) in [4.78, 5) is 10.5. The molecule has 0 fully saturated rings. The monoisotopic (exact) mass is 247 g/mol. The summed E-state index contributed by atoms with van der Waals surface area (Å²) in [5, 5.41) is 3.09. The molecule has 0 bridgehead atoms. The number of carbonyl (C=O) groups excluding carboxylic acids is 1. The zero-order valence-electron chi connectivity index (χ0n) is 10.7. The van der Waals surface area contributed by atoms with Gasteiger partial charge in [0.25, 0.3) is 0 Å². The van der Waals surface area contributed by atoms with E-state index in [0.717, 1.165) is 17.5 Å². The van der Waals surface area contributed by atoms with Crippen LogP contribution in [0.1, 0.15) is 30.9 Å². The molecule has 0 aromatic heterocycles. The second kappa shape index (κ2) is 8.48. The SMILES string of the molecule is CCCC(=C=O)OCNCc1cccc(C[NH])c1. The van der Waals surface area contributed by atoms with Crippen molar-refractivity contribution in [1.82, 2.24) is 11.1 Å². The number of benzene rings is 1. The van der Waals surface area contributed by atoms with Crippen LogP contribution < -0.4 is 11.1 Å². The van der Waals surface area contributed by atoms with Crippen LogP contribution in [-0.4, -0.2) is 12.7 Å². The lowest BCUT2D eigenvalue weighted by Crippen LogP contribution is -2.17. The first kappa shape index (κ1) is 14.5. The molecule has 0 aliphatic carbocycles. The topological polar surface area (TPSA) is 62.1 Å². The Balaban J connectivity index is 2.31. The molecule has 97 valence electrons. The zero-order valence-corrected chi connectivity index (χ0v) is 10.7. The smallest absolute Gasteiger partial charge is 0.181 e. The minimum atomic E-state index is 0.291. The van der Waals surface area contributed by atoms with Crippen molar-refractivity contribution in [1.29, 1.82) is 0 Å². The molecule has 0 aliphatic heterocycles. The van der Waals surface area contributed by atoms with Gasteiger partial charge in [0.1, 0.15) is 6.73 Å². The molecule has 0 saturated heterocycles. The summed E-state index contributed by atoms with van der Waals surface area (Å²) in [7, 11) is 0. The number of hydrogen-bond acceptors (Lipinski definition) is 3. The highest BCUT2D eigenvalue weighted by molar-refractivity contribution is 5.49. The molecule has 0 spiro atoms. The lowest BCUT2D eigenvalue weighted by Gasteiger charge is -2.08. The summed E-state index contributed by atoms with van der Waals surface area (Å²) in [5.74, 6) is 2.17. The Hall–Kier alpha value is -1.61. The van der Waals surface area contributed by atoms with E-state index < -0.39 is 0 Å². The van der Waals surface area contributed by atoms with Crippen LogP contribution in [0.4, 0.5) is 0 Å². The standard InChI is InChI=1S/C14H19N2O2/c1-2-4-14(10-17)18-11-16-9-13-6-3-5-12(7-13)8-15/h3,5-7,15-16H,2,4,8-9,11H2,1H3. The predicted molar refractivity (Wildman–Crippen MR) is 70.1 cm³/mol. The van der Waals surface area contributed by atoms with Crippen LogP contribution in [0.3, 0.4) is 0 Å². The Kier molecular flexibility index (Phi) is 6.81. The van der Waals surface area contributed by atoms with Gasteiger partial charge >= 0.3 is 0 Å². The van der Waals surface area contributed by atoms with Crippen molar-refractivity contribution in [3.8, 4) is 0 Å². The molecule has 0 aliphatic rings. The molecule has 1 aromatic rings. The Morgan fingerprint density at radius 1 is 1.44 bits per heavy atom. The Morgan fingerprint density at radius 2 is 2.22 bits per heavy atom. The Bertz CT molecular complexity index is 412. The lowest BCUT2D eigenvalue weighted by molar-refractivity contribution is 0.181. The zero-order chi connectivity index (χ0) is 13.2. The molecule has 0 atom stereocenters. The van der Waals surface area contributed by atoms with E-state index in [-0.39, 0.29) is 0 Å². The van der Waals surface area contributed by atoms with E-state index in [1.54, 1.807) is 5.94 Å². The van der Waals surface area contributed by atoms with Crippen molar-refractivity contribution in [3.05, 3.63) is 41.2 Å². The van der Waals surface area contributed by atoms with Gasteiger partial charge in [0, 0.05) is 19.5 Å². The van der Waals surface area contributed by atoms with Gasteiger partial charge < -0.3 is 4.74 Å². The molecule has 1 aromatic carbocycles. The number of nitrogens with one attached hydrogen (secondary N) is 2. The molecular weight excluding hydrogens is 228 g/mol. The van der Waals surface area contributed by atoms with E-state index >= 15 is 0 Å². The second-order valence-electron chi connectivity index (χ2n) is 3.99. The van der Waals surface area contributed by atoms with Gasteiger partial charge in [-0.15, -0.1) is 0 Å². The number of allylic oxidation sites excluding steroid dienone is 1. The van der Waals surface area contributed by atoms with Crippen molar-refractivity contribution >= 4 is 5.94 Å². The highest BCUT2D eigenvalue weighted by Gasteiger charge is 1.98. The van der Waals surface area contributed by atoms with Gasteiger partial charge in [-0.05, 0) is 17.5 Å². The third-order valence-corrected chi connectivity index (χ3v) is 2.46. The van der Waals surface area contributed by atoms with Crippen molar-refractivity contribution in [3.63, 3.8) is 0 Å². The molecule has 4 heteroatoms. The average molecular weight is 247 g/mol. The van der Waals surface area contributed by atoms with Gasteiger partial charge in [0.05, 0.1) is 0 Å². The maximum atomic E-state index is 10.5. The maximum Gasteiger partial charge on any atom is 0.181 e. The predicted octanol–water partition coefficient (Wildman–Crippen LogP) is 2.05. The van der Waals surface area contributed by atoms with Gasteiger partial charge in [-0.1, -0.05) is 31.2 Å². The molecule has 0 saturated carbocycles. The molecule has 4 nitrogen and oxygen atoms in total. The normalized spacial score (nSPS) is 9.89. The van der Waals surface area contributed by atoms with Crippen molar-refractivity contribution in [2.24, 2.45) is 0 Å². The molecule has 0 heterocycles. The number of ether oxygens (including phenoxy) is 1. The number of rotatable bonds is 8. The molecule has 1 radical (unpaired) electrons. The quantitative estimate of drug-likeness (QED) is 0.331. The van der Waals surface area contributed by atoms with E-state index in [1.807, 2.05) is 31.2 Å². The molecule has 0 unspecified atom stereocenters. The van der Waals surface area contributed by atoms with Crippen LogP contribution in [0.2, 0.25) is 0 Å². The summed E-state index contributed by atoms with van der Waals surface area (Å²) < 4.78 is 5.25. The van der Waals surface area contributed by atoms with Crippen molar-refractivity contribution in [2.75, 3.05) is 6.73 Å². The minimum absolute atomic E-state index is 0.291. The summed E-state index contributed by atoms with van der Waals surface area (Å²) in [6.45, 7) is 3.24. The fourth-order valence-corrected chi connectivity index (χ4v) is 1.56. The molecule has 0 amide bonds. The summed E-state index contributed by atoms with van der Waals surface area (Å²) in [6.07, 6.45) is 1.50. The highest BCUT2D eigenvalue weighted by Crippen LogP contribution is 2.05. The molecule has 1 rings (SSSR count). The van der Waals surface area contributed by atoms with E-state index in [0.29, 0.717) is 32.0 Å². The third-order valence-electron chi connectivity index (χ3n) is 2.46. The molecular formula is C14H19N2O2. The summed E-state index contributed by atoms with van der Waals surface area (Å²) in [5.41, 5.74) is 9.39. The van der Waals surface area contributed by atoms with Crippen molar-refractivity contribution in [2.45, 2.75) is 32.9 Å². The highest BCUT2D eigenvalue weighted by atomic mass is 16.5. The van der Waals surface area contributed by atoms with E-state index in [2.05, 4.69) is 5.32 Å². The first-order valence-electron chi connectivity index (χ1n) is 6.10. The first-order valence-corrected chi connectivity index (χ1v) is 6.10. The van der Waals surface area contributed by atoms with Crippen LogP contribution >= 0.6 is 0 Å². The van der Waals surface area contributed by atoms with Crippen molar-refractivity contribution < 1.29 is 9.53 Å². The summed E-state index contributed by atoms with van der Waals surface area (Å²) >= 11 is 0. The van der Waals surface area contributed by atoms with Crippen LogP contribution in [0.25, 0.3) is 0 Å². The second-order valence-corrected chi connectivity index (χ2v) is 3.99. The third kappa shape index (κ3) is 5.15. The van der Waals surface area contributed by atoms with Gasteiger partial charge in [0.2, 0.25) is 0 Å². The minimum Gasteiger partial charge on any atom is -0.471 e. The Morgan fingerprint density at radius 3 is 2.89 bits per heavy atom. The molecule has 18 heavy (non-hydrogen) atoms. The van der Waals surface area contributed by atoms with Crippen LogP contribution in [0.15, 0.2) is 30.0 Å². The van der Waals surface area contributed by atoms with Crippen LogP contribution in [-0.2, 0) is 22.6 Å². The summed E-state index contributed by atoms with van der Waals surface area (Å²) in [6, 6.07) is 7.86. The largest absolute Gasteiger partial charge is 0.471 e. The van der Waals surface area contributed by atoms with Crippen LogP contribution in [0, 0.1) is 0 Å². The van der Waals surface area contributed by atoms with Gasteiger partial charge in [0.15, 0.2) is 11.7 Å². The fourth-order valence-electron chi connectivity index (χ4n) is 1.56.